The summed E-state index contributed by atoms with van der Waals surface area (Å²) in [4.78, 5) is 25.7. The molecule has 148 valence electrons. The van der Waals surface area contributed by atoms with Crippen molar-refractivity contribution in [3.05, 3.63) is 71.4 Å². The number of carbonyl (C=O) groups is 2. The van der Waals surface area contributed by atoms with Gasteiger partial charge in [-0.25, -0.2) is 4.68 Å². The molecule has 0 fully saturated rings. The summed E-state index contributed by atoms with van der Waals surface area (Å²) in [5, 5.41) is 10.2. The zero-order valence-corrected chi connectivity index (χ0v) is 16.6. The van der Waals surface area contributed by atoms with Crippen LogP contribution >= 0.6 is 11.6 Å². The smallest absolute Gasteiger partial charge is 0.279 e. The van der Waals surface area contributed by atoms with E-state index in [1.807, 2.05) is 37.3 Å². The van der Waals surface area contributed by atoms with Gasteiger partial charge in [0.15, 0.2) is 0 Å². The van der Waals surface area contributed by atoms with Gasteiger partial charge in [0.1, 0.15) is 11.6 Å². The Balaban J connectivity index is 1.58. The molecule has 0 aliphatic carbocycles. The molecule has 2 heterocycles. The molecule has 2 amide bonds. The Kier molecular flexibility index (Phi) is 4.76. The lowest BCUT2D eigenvalue weighted by Gasteiger charge is -2.33. The molecule has 0 bridgehead atoms. The van der Waals surface area contributed by atoms with E-state index in [0.717, 1.165) is 5.56 Å². The van der Waals surface area contributed by atoms with E-state index in [0.29, 0.717) is 22.3 Å². The van der Waals surface area contributed by atoms with E-state index in [9.17, 15) is 9.59 Å². The third-order valence-corrected chi connectivity index (χ3v) is 5.17. The van der Waals surface area contributed by atoms with Crippen molar-refractivity contribution < 1.29 is 14.3 Å². The molecule has 4 rings (SSSR count). The second-order valence-corrected chi connectivity index (χ2v) is 7.37. The number of benzene rings is 2. The van der Waals surface area contributed by atoms with Crippen molar-refractivity contribution in [1.82, 2.24) is 9.78 Å². The average molecular weight is 411 g/mol. The highest BCUT2D eigenvalue weighted by atomic mass is 35.5. The summed E-state index contributed by atoms with van der Waals surface area (Å²) in [7, 11) is 0. The summed E-state index contributed by atoms with van der Waals surface area (Å²) in [5.74, 6) is -0.340. The van der Waals surface area contributed by atoms with E-state index in [-0.39, 0.29) is 6.04 Å². The quantitative estimate of drug-likeness (QED) is 0.639. The van der Waals surface area contributed by atoms with Crippen molar-refractivity contribution in [2.75, 3.05) is 10.6 Å². The van der Waals surface area contributed by atoms with Crippen LogP contribution in [0.2, 0.25) is 5.02 Å². The van der Waals surface area contributed by atoms with Crippen LogP contribution in [-0.2, 0) is 9.59 Å². The average Bonchev–Trinajstić information content (AvgIpc) is 3.17. The third kappa shape index (κ3) is 3.45. The minimum Gasteiger partial charge on any atom is -0.466 e. The number of amides is 2. The number of rotatable bonds is 4. The Bertz CT molecular complexity index is 1080. The van der Waals surface area contributed by atoms with Gasteiger partial charge in [0.05, 0.1) is 17.9 Å². The molecule has 0 spiro atoms. The first kappa shape index (κ1) is 19.0. The molecule has 0 saturated carbocycles. The fraction of sp³-hybridized carbons (Fsp3) is 0.190. The van der Waals surface area contributed by atoms with Gasteiger partial charge in [0, 0.05) is 11.1 Å². The minimum atomic E-state index is -1.74. The third-order valence-electron chi connectivity index (χ3n) is 4.93. The van der Waals surface area contributed by atoms with Crippen LogP contribution in [0, 0.1) is 0 Å². The van der Waals surface area contributed by atoms with Crippen LogP contribution in [0.4, 0.5) is 11.5 Å². The van der Waals surface area contributed by atoms with Crippen molar-refractivity contribution in [3.63, 3.8) is 0 Å². The highest BCUT2D eigenvalue weighted by Gasteiger charge is 2.47. The van der Waals surface area contributed by atoms with E-state index >= 15 is 0 Å². The lowest BCUT2D eigenvalue weighted by Crippen LogP contribution is -2.56. The summed E-state index contributed by atoms with van der Waals surface area (Å²) in [5.41, 5.74) is -0.280. The van der Waals surface area contributed by atoms with Crippen LogP contribution in [0.3, 0.4) is 0 Å². The monoisotopic (exact) mass is 410 g/mol. The predicted octanol–water partition coefficient (Wildman–Crippen LogP) is 3.87. The molecule has 0 saturated heterocycles. The summed E-state index contributed by atoms with van der Waals surface area (Å²) in [6.45, 7) is 3.40. The largest absolute Gasteiger partial charge is 0.466 e. The first-order valence-corrected chi connectivity index (χ1v) is 9.46. The van der Waals surface area contributed by atoms with Gasteiger partial charge in [-0.3, -0.25) is 9.59 Å². The standard InChI is InChI=1S/C21H19ClN4O3/c1-13(14-6-4-3-5-7-14)26-18(10-11-23-26)25-20(28)21(2)19(27)24-16-12-15(22)8-9-17(16)29-21/h3-13H,1-2H3,(H,24,27)(H,25,28). The highest BCUT2D eigenvalue weighted by Crippen LogP contribution is 2.36. The predicted molar refractivity (Wildman–Crippen MR) is 110 cm³/mol. The molecule has 2 unspecified atom stereocenters. The van der Waals surface area contributed by atoms with Gasteiger partial charge in [-0.05, 0) is 37.6 Å². The normalized spacial score (nSPS) is 18.9. The fourth-order valence-electron chi connectivity index (χ4n) is 3.18. The van der Waals surface area contributed by atoms with Crippen molar-refractivity contribution in [3.8, 4) is 5.75 Å². The Labute approximate surface area is 172 Å². The van der Waals surface area contributed by atoms with E-state index < -0.39 is 17.4 Å². The molecule has 2 aromatic carbocycles. The zero-order valence-electron chi connectivity index (χ0n) is 15.8. The molecule has 1 aromatic heterocycles. The Morgan fingerprint density at radius 2 is 2.00 bits per heavy atom. The van der Waals surface area contributed by atoms with Gasteiger partial charge in [0.25, 0.3) is 17.4 Å². The first-order chi connectivity index (χ1) is 13.9. The number of nitrogens with one attached hydrogen (secondary N) is 2. The summed E-state index contributed by atoms with van der Waals surface area (Å²) in [6, 6.07) is 16.2. The van der Waals surface area contributed by atoms with Gasteiger partial charge >= 0.3 is 0 Å². The van der Waals surface area contributed by atoms with Gasteiger partial charge in [0.2, 0.25) is 0 Å². The molecular formula is C21H19ClN4O3. The fourth-order valence-corrected chi connectivity index (χ4v) is 3.35. The molecule has 2 atom stereocenters. The molecular weight excluding hydrogens is 392 g/mol. The van der Waals surface area contributed by atoms with Crippen LogP contribution in [0.15, 0.2) is 60.8 Å². The number of halogens is 1. The number of aromatic nitrogens is 2. The van der Waals surface area contributed by atoms with E-state index in [4.69, 9.17) is 16.3 Å². The van der Waals surface area contributed by atoms with E-state index in [2.05, 4.69) is 15.7 Å². The summed E-state index contributed by atoms with van der Waals surface area (Å²) >= 11 is 5.95. The Morgan fingerprint density at radius 3 is 2.76 bits per heavy atom. The molecule has 29 heavy (non-hydrogen) atoms. The number of fused-ring (bicyclic) bond motifs is 1. The summed E-state index contributed by atoms with van der Waals surface area (Å²) < 4.78 is 7.46. The van der Waals surface area contributed by atoms with E-state index in [1.54, 1.807) is 35.1 Å². The molecule has 0 radical (unpaired) electrons. The maximum absolute atomic E-state index is 13.0. The van der Waals surface area contributed by atoms with Gasteiger partial charge in [-0.2, -0.15) is 5.10 Å². The first-order valence-electron chi connectivity index (χ1n) is 9.08. The van der Waals surface area contributed by atoms with Gasteiger partial charge in [-0.15, -0.1) is 0 Å². The van der Waals surface area contributed by atoms with Gasteiger partial charge < -0.3 is 15.4 Å². The minimum absolute atomic E-state index is 0.113. The number of hydrogen-bond acceptors (Lipinski definition) is 4. The topological polar surface area (TPSA) is 85.2 Å². The number of carbonyl (C=O) groups excluding carboxylic acids is 2. The van der Waals surface area contributed by atoms with Crippen molar-refractivity contribution in [2.24, 2.45) is 0 Å². The second kappa shape index (κ2) is 7.25. The maximum atomic E-state index is 13.0. The van der Waals surface area contributed by atoms with Crippen LogP contribution in [-0.4, -0.2) is 27.2 Å². The molecule has 7 nitrogen and oxygen atoms in total. The van der Waals surface area contributed by atoms with Crippen LogP contribution in [0.25, 0.3) is 0 Å². The van der Waals surface area contributed by atoms with E-state index in [1.165, 1.54) is 6.92 Å². The van der Waals surface area contributed by atoms with Gasteiger partial charge in [-0.1, -0.05) is 41.9 Å². The van der Waals surface area contributed by atoms with Crippen LogP contribution in [0.5, 0.6) is 5.75 Å². The number of nitrogens with zero attached hydrogens (tertiary/aromatic N) is 2. The maximum Gasteiger partial charge on any atom is 0.279 e. The van der Waals surface area contributed by atoms with Crippen LogP contribution < -0.4 is 15.4 Å². The summed E-state index contributed by atoms with van der Waals surface area (Å²) in [6.07, 6.45) is 1.59. The molecule has 1 aliphatic rings. The molecule has 2 N–H and O–H groups in total. The molecule has 8 heteroatoms. The number of ether oxygens (including phenoxy) is 1. The Morgan fingerprint density at radius 1 is 1.24 bits per heavy atom. The van der Waals surface area contributed by atoms with Crippen molar-refractivity contribution in [2.45, 2.75) is 25.5 Å². The SMILES string of the molecule is CC(c1ccccc1)n1nccc1NC(=O)C1(C)Oc2ccc(Cl)cc2NC1=O. The van der Waals surface area contributed by atoms with Crippen LogP contribution in [0.1, 0.15) is 25.5 Å². The molecule has 3 aromatic rings. The number of hydrogen-bond donors (Lipinski definition) is 2. The Hall–Kier alpha value is -3.32. The number of anilines is 2. The lowest BCUT2D eigenvalue weighted by atomic mass is 10.0. The molecule has 1 aliphatic heterocycles. The second-order valence-electron chi connectivity index (χ2n) is 6.93. The van der Waals surface area contributed by atoms with Crippen molar-refractivity contribution in [1.29, 1.82) is 0 Å². The van der Waals surface area contributed by atoms with Crippen molar-refractivity contribution >= 4 is 34.9 Å². The zero-order chi connectivity index (χ0) is 20.6. The lowest BCUT2D eigenvalue weighted by molar-refractivity contribution is -0.143. The highest BCUT2D eigenvalue weighted by molar-refractivity contribution is 6.31.